The number of anilines is 1. The molecule has 1 aromatic rings. The molecule has 0 radical (unpaired) electrons. The van der Waals surface area contributed by atoms with Crippen LogP contribution in [0.1, 0.15) is 37.8 Å². The van der Waals surface area contributed by atoms with E-state index in [1.54, 1.807) is 0 Å². The van der Waals surface area contributed by atoms with Crippen molar-refractivity contribution in [1.29, 1.82) is 0 Å². The number of aromatic nitrogens is 1. The van der Waals surface area contributed by atoms with Crippen molar-refractivity contribution in [3.63, 3.8) is 0 Å². The molecule has 0 amide bonds. The van der Waals surface area contributed by atoms with Gasteiger partial charge in [-0.3, -0.25) is 4.98 Å². The van der Waals surface area contributed by atoms with Gasteiger partial charge in [-0.1, -0.05) is 19.3 Å². The quantitative estimate of drug-likeness (QED) is 0.868. The Morgan fingerprint density at radius 2 is 2.12 bits per heavy atom. The van der Waals surface area contributed by atoms with Crippen LogP contribution < -0.4 is 10.6 Å². The van der Waals surface area contributed by atoms with E-state index >= 15 is 0 Å². The highest BCUT2D eigenvalue weighted by atomic mass is 15.2. The van der Waals surface area contributed by atoms with E-state index in [2.05, 4.69) is 22.0 Å². The predicted octanol–water partition coefficient (Wildman–Crippen LogP) is 2.49. The monoisotopic (exact) mass is 233 g/mol. The summed E-state index contributed by atoms with van der Waals surface area (Å²) < 4.78 is 0. The van der Waals surface area contributed by atoms with Crippen molar-refractivity contribution in [1.82, 2.24) is 4.98 Å². The molecule has 0 aromatic carbocycles. The molecular formula is C14H23N3. The second kappa shape index (κ2) is 6.01. The lowest BCUT2D eigenvalue weighted by molar-refractivity contribution is 0.416. The average Bonchev–Trinajstić information content (AvgIpc) is 2.37. The summed E-state index contributed by atoms with van der Waals surface area (Å²) in [7, 11) is 0. The highest BCUT2D eigenvalue weighted by molar-refractivity contribution is 5.47. The van der Waals surface area contributed by atoms with Crippen LogP contribution in [-0.2, 0) is 0 Å². The molecule has 1 saturated carbocycles. The number of hydrogen-bond donors (Lipinski definition) is 1. The van der Waals surface area contributed by atoms with Crippen LogP contribution in [0.3, 0.4) is 0 Å². The molecule has 0 spiro atoms. The lowest BCUT2D eigenvalue weighted by Gasteiger charge is -2.36. The van der Waals surface area contributed by atoms with Gasteiger partial charge in [-0.15, -0.1) is 0 Å². The maximum atomic E-state index is 5.75. The maximum absolute atomic E-state index is 5.75. The fourth-order valence-electron chi connectivity index (χ4n) is 2.76. The SMILES string of the molecule is Cc1cc(N(CCN)C2CCCCC2)ccn1. The van der Waals surface area contributed by atoms with Gasteiger partial charge in [-0.2, -0.15) is 0 Å². The normalized spacial score (nSPS) is 17.1. The topological polar surface area (TPSA) is 42.1 Å². The maximum Gasteiger partial charge on any atom is 0.0402 e. The lowest BCUT2D eigenvalue weighted by Crippen LogP contribution is -2.40. The number of aryl methyl sites for hydroxylation is 1. The zero-order valence-electron chi connectivity index (χ0n) is 10.7. The molecule has 0 unspecified atom stereocenters. The Labute approximate surface area is 104 Å². The van der Waals surface area contributed by atoms with Gasteiger partial charge in [-0.05, 0) is 31.9 Å². The summed E-state index contributed by atoms with van der Waals surface area (Å²) in [6.45, 7) is 3.72. The first-order valence-electron chi connectivity index (χ1n) is 6.70. The van der Waals surface area contributed by atoms with Crippen LogP contribution >= 0.6 is 0 Å². The van der Waals surface area contributed by atoms with Gasteiger partial charge in [0.25, 0.3) is 0 Å². The van der Waals surface area contributed by atoms with Gasteiger partial charge in [0.2, 0.25) is 0 Å². The van der Waals surface area contributed by atoms with Crippen molar-refractivity contribution in [3.05, 3.63) is 24.0 Å². The van der Waals surface area contributed by atoms with E-state index < -0.39 is 0 Å². The van der Waals surface area contributed by atoms with Gasteiger partial charge in [-0.25, -0.2) is 0 Å². The van der Waals surface area contributed by atoms with Crippen molar-refractivity contribution >= 4 is 5.69 Å². The first-order valence-corrected chi connectivity index (χ1v) is 6.70. The fourth-order valence-corrected chi connectivity index (χ4v) is 2.76. The summed E-state index contributed by atoms with van der Waals surface area (Å²) in [4.78, 5) is 6.75. The molecule has 1 fully saturated rings. The molecule has 0 saturated heterocycles. The predicted molar refractivity (Wildman–Crippen MR) is 72.2 cm³/mol. The summed E-state index contributed by atoms with van der Waals surface area (Å²) in [6, 6.07) is 4.95. The second-order valence-corrected chi connectivity index (χ2v) is 4.93. The Kier molecular flexibility index (Phi) is 4.37. The molecule has 0 bridgehead atoms. The smallest absolute Gasteiger partial charge is 0.0402 e. The Hall–Kier alpha value is -1.09. The minimum Gasteiger partial charge on any atom is -0.367 e. The van der Waals surface area contributed by atoms with E-state index in [0.29, 0.717) is 6.04 Å². The Morgan fingerprint density at radius 3 is 2.76 bits per heavy atom. The van der Waals surface area contributed by atoms with Crippen LogP contribution in [0, 0.1) is 6.92 Å². The van der Waals surface area contributed by atoms with Crippen molar-refractivity contribution in [2.45, 2.75) is 45.1 Å². The molecule has 94 valence electrons. The van der Waals surface area contributed by atoms with Crippen LogP contribution in [0.5, 0.6) is 0 Å². The van der Waals surface area contributed by atoms with E-state index in [0.717, 1.165) is 18.8 Å². The molecule has 0 aliphatic heterocycles. The van der Waals surface area contributed by atoms with Gasteiger partial charge >= 0.3 is 0 Å². The molecule has 1 aliphatic carbocycles. The highest BCUT2D eigenvalue weighted by Crippen LogP contribution is 2.27. The average molecular weight is 233 g/mol. The lowest BCUT2D eigenvalue weighted by atomic mass is 9.94. The Balaban J connectivity index is 2.15. The van der Waals surface area contributed by atoms with Crippen LogP contribution in [0.25, 0.3) is 0 Å². The van der Waals surface area contributed by atoms with Crippen LogP contribution in [0.2, 0.25) is 0 Å². The third kappa shape index (κ3) is 3.19. The zero-order valence-corrected chi connectivity index (χ0v) is 10.7. The number of nitrogens with zero attached hydrogens (tertiary/aromatic N) is 2. The molecule has 2 rings (SSSR count). The minimum atomic E-state index is 0.675. The third-order valence-corrected chi connectivity index (χ3v) is 3.60. The second-order valence-electron chi connectivity index (χ2n) is 4.93. The van der Waals surface area contributed by atoms with E-state index in [1.165, 1.54) is 37.8 Å². The number of rotatable bonds is 4. The minimum absolute atomic E-state index is 0.675. The molecule has 1 aliphatic rings. The molecule has 3 nitrogen and oxygen atoms in total. The van der Waals surface area contributed by atoms with Gasteiger partial charge in [0.1, 0.15) is 0 Å². The van der Waals surface area contributed by atoms with E-state index in [4.69, 9.17) is 5.73 Å². The number of hydrogen-bond acceptors (Lipinski definition) is 3. The van der Waals surface area contributed by atoms with Gasteiger partial charge in [0.15, 0.2) is 0 Å². The third-order valence-electron chi connectivity index (χ3n) is 3.60. The molecule has 1 aromatic heterocycles. The highest BCUT2D eigenvalue weighted by Gasteiger charge is 2.20. The van der Waals surface area contributed by atoms with Crippen molar-refractivity contribution < 1.29 is 0 Å². The molecular weight excluding hydrogens is 210 g/mol. The Morgan fingerprint density at radius 1 is 1.35 bits per heavy atom. The van der Waals surface area contributed by atoms with Gasteiger partial charge < -0.3 is 10.6 Å². The summed E-state index contributed by atoms with van der Waals surface area (Å²) in [5.41, 5.74) is 8.12. The largest absolute Gasteiger partial charge is 0.367 e. The first kappa shape index (κ1) is 12.4. The molecule has 0 atom stereocenters. The van der Waals surface area contributed by atoms with Crippen LogP contribution in [0.4, 0.5) is 5.69 Å². The van der Waals surface area contributed by atoms with Crippen LogP contribution in [-0.4, -0.2) is 24.1 Å². The first-order chi connectivity index (χ1) is 8.31. The van der Waals surface area contributed by atoms with E-state index in [9.17, 15) is 0 Å². The Bertz CT molecular complexity index is 345. The van der Waals surface area contributed by atoms with Crippen molar-refractivity contribution in [2.75, 3.05) is 18.0 Å². The summed E-state index contributed by atoms with van der Waals surface area (Å²) in [5, 5.41) is 0. The van der Waals surface area contributed by atoms with Crippen molar-refractivity contribution in [3.8, 4) is 0 Å². The van der Waals surface area contributed by atoms with E-state index in [1.807, 2.05) is 13.1 Å². The van der Waals surface area contributed by atoms with Gasteiger partial charge in [0.05, 0.1) is 0 Å². The standard InChI is InChI=1S/C14H23N3/c1-12-11-14(7-9-16-12)17(10-8-15)13-5-3-2-4-6-13/h7,9,11,13H,2-6,8,10,15H2,1H3. The van der Waals surface area contributed by atoms with Gasteiger partial charge in [0, 0.05) is 36.7 Å². The molecule has 3 heteroatoms. The zero-order chi connectivity index (χ0) is 12.1. The number of pyridine rings is 1. The summed E-state index contributed by atoms with van der Waals surface area (Å²) >= 11 is 0. The molecule has 1 heterocycles. The van der Waals surface area contributed by atoms with Crippen LogP contribution in [0.15, 0.2) is 18.3 Å². The summed E-state index contributed by atoms with van der Waals surface area (Å²) in [5.74, 6) is 0. The molecule has 17 heavy (non-hydrogen) atoms. The molecule has 2 N–H and O–H groups in total. The summed E-state index contributed by atoms with van der Waals surface area (Å²) in [6.07, 6.45) is 8.62. The fraction of sp³-hybridized carbons (Fsp3) is 0.643. The van der Waals surface area contributed by atoms with E-state index in [-0.39, 0.29) is 0 Å². The van der Waals surface area contributed by atoms with Crippen molar-refractivity contribution in [2.24, 2.45) is 5.73 Å². The number of nitrogens with two attached hydrogens (primary N) is 1.